The number of halogens is 1. The van der Waals surface area contributed by atoms with Crippen LogP contribution in [0.25, 0.3) is 6.08 Å². The normalized spacial score (nSPS) is 24.2. The van der Waals surface area contributed by atoms with E-state index in [0.717, 1.165) is 24.9 Å². The lowest BCUT2D eigenvalue weighted by Gasteiger charge is -2.35. The molecule has 0 aromatic heterocycles. The molecule has 1 amide bonds. The molecule has 1 aliphatic heterocycles. The topological polar surface area (TPSA) is 62.1 Å². The van der Waals surface area contributed by atoms with E-state index >= 15 is 0 Å². The Morgan fingerprint density at radius 1 is 1.23 bits per heavy atom. The number of para-hydroxylation sites is 1. The van der Waals surface area contributed by atoms with Gasteiger partial charge in [-0.1, -0.05) is 49.6 Å². The largest absolute Gasteiger partial charge is 0.503 e. The number of phenolic OH excluding ortho intramolecular Hbond substituents is 1. The molecular weight excluding hydrogens is 432 g/mol. The number of aliphatic imine (C=N–C) groups is 1. The van der Waals surface area contributed by atoms with Gasteiger partial charge >= 0.3 is 0 Å². The third-order valence-corrected chi connectivity index (χ3v) is 7.06. The lowest BCUT2D eigenvalue weighted by Crippen LogP contribution is -2.44. The fraction of sp³-hybridized carbons (Fsp3) is 0.333. The molecule has 7 heteroatoms. The van der Waals surface area contributed by atoms with E-state index in [1.165, 1.54) is 25.3 Å². The fourth-order valence-corrected chi connectivity index (χ4v) is 5.40. The highest BCUT2D eigenvalue weighted by molar-refractivity contribution is 8.18. The Morgan fingerprint density at radius 3 is 2.68 bits per heavy atom. The van der Waals surface area contributed by atoms with Crippen LogP contribution in [0.15, 0.2) is 52.4 Å². The number of methoxy groups -OCH3 is 1. The number of hydrogen-bond acceptors (Lipinski definition) is 5. The van der Waals surface area contributed by atoms with E-state index in [2.05, 4.69) is 6.92 Å². The second kappa shape index (κ2) is 9.37. The van der Waals surface area contributed by atoms with Crippen molar-refractivity contribution < 1.29 is 14.6 Å². The summed E-state index contributed by atoms with van der Waals surface area (Å²) in [4.78, 5) is 20.8. The first-order valence-corrected chi connectivity index (χ1v) is 11.6. The van der Waals surface area contributed by atoms with Crippen molar-refractivity contribution in [1.82, 2.24) is 4.90 Å². The number of nitrogens with zero attached hydrogens (tertiary/aromatic N) is 2. The molecular formula is C24H25ClN2O3S. The van der Waals surface area contributed by atoms with Crippen molar-refractivity contribution >= 4 is 46.2 Å². The van der Waals surface area contributed by atoms with E-state index in [9.17, 15) is 9.90 Å². The van der Waals surface area contributed by atoms with E-state index in [1.54, 1.807) is 18.2 Å². The van der Waals surface area contributed by atoms with Crippen LogP contribution in [-0.4, -0.2) is 34.2 Å². The van der Waals surface area contributed by atoms with Crippen LogP contribution >= 0.6 is 23.4 Å². The number of aromatic hydroxyl groups is 1. The Labute approximate surface area is 191 Å². The van der Waals surface area contributed by atoms with Crippen molar-refractivity contribution in [2.45, 2.75) is 38.6 Å². The number of ether oxygens (including phenoxy) is 1. The van der Waals surface area contributed by atoms with Crippen molar-refractivity contribution in [1.29, 1.82) is 0 Å². The van der Waals surface area contributed by atoms with Crippen molar-refractivity contribution in [2.75, 3.05) is 7.11 Å². The van der Waals surface area contributed by atoms with Gasteiger partial charge in [0.15, 0.2) is 16.7 Å². The standard InChI is InChI=1S/C24H25ClN2O3S/c1-15-8-6-7-11-19(15)27-23(29)21(31-24(27)26-17-9-4-3-5-10-17)14-16-12-18(25)22(28)20(13-16)30-2/h3-5,9-10,12-15,19,28H,6-8,11H2,1-2H3/b21-14-,26-24?/t15-,19-/m0/s1. The average Bonchev–Trinajstić information content (AvgIpc) is 3.06. The van der Waals surface area contributed by atoms with Crippen LogP contribution in [0.1, 0.15) is 38.2 Å². The summed E-state index contributed by atoms with van der Waals surface area (Å²) in [6.45, 7) is 2.22. The van der Waals surface area contributed by atoms with E-state index in [-0.39, 0.29) is 28.5 Å². The quantitative estimate of drug-likeness (QED) is 0.553. The molecule has 2 atom stereocenters. The number of amidine groups is 1. The highest BCUT2D eigenvalue weighted by atomic mass is 35.5. The summed E-state index contributed by atoms with van der Waals surface area (Å²) in [5, 5.41) is 10.9. The smallest absolute Gasteiger partial charge is 0.267 e. The van der Waals surface area contributed by atoms with Crippen LogP contribution in [0.3, 0.4) is 0 Å². The Morgan fingerprint density at radius 2 is 1.97 bits per heavy atom. The molecule has 0 unspecified atom stereocenters. The summed E-state index contributed by atoms with van der Waals surface area (Å²) in [6, 6.07) is 13.1. The summed E-state index contributed by atoms with van der Waals surface area (Å²) in [7, 11) is 1.47. The minimum atomic E-state index is -0.110. The Hall–Kier alpha value is -2.44. The van der Waals surface area contributed by atoms with Gasteiger partial charge in [-0.15, -0.1) is 0 Å². The minimum Gasteiger partial charge on any atom is -0.503 e. The summed E-state index contributed by atoms with van der Waals surface area (Å²) < 4.78 is 5.20. The van der Waals surface area contributed by atoms with Crippen LogP contribution in [0, 0.1) is 5.92 Å². The van der Waals surface area contributed by atoms with Crippen LogP contribution in [0.4, 0.5) is 5.69 Å². The highest BCUT2D eigenvalue weighted by Gasteiger charge is 2.41. The van der Waals surface area contributed by atoms with Crippen molar-refractivity contribution in [3.05, 3.63) is 58.0 Å². The monoisotopic (exact) mass is 456 g/mol. The molecule has 2 fully saturated rings. The molecule has 1 N–H and O–H groups in total. The number of amides is 1. The fourth-order valence-electron chi connectivity index (χ4n) is 4.13. The van der Waals surface area contributed by atoms with Crippen molar-refractivity contribution in [2.24, 2.45) is 10.9 Å². The predicted octanol–water partition coefficient (Wildman–Crippen LogP) is 6.24. The zero-order valence-electron chi connectivity index (χ0n) is 17.5. The van der Waals surface area contributed by atoms with Crippen LogP contribution < -0.4 is 4.74 Å². The minimum absolute atomic E-state index is 0.0402. The Kier molecular flexibility index (Phi) is 6.58. The van der Waals surface area contributed by atoms with Crippen LogP contribution in [-0.2, 0) is 4.79 Å². The number of thioether (sulfide) groups is 1. The number of carbonyl (C=O) groups excluding carboxylic acids is 1. The van der Waals surface area contributed by atoms with Crippen LogP contribution in [0.2, 0.25) is 5.02 Å². The van der Waals surface area contributed by atoms with Crippen molar-refractivity contribution in [3.8, 4) is 11.5 Å². The molecule has 162 valence electrons. The van der Waals surface area contributed by atoms with Crippen molar-refractivity contribution in [3.63, 3.8) is 0 Å². The first-order chi connectivity index (χ1) is 15.0. The van der Waals surface area contributed by atoms with E-state index < -0.39 is 0 Å². The Balaban J connectivity index is 1.74. The van der Waals surface area contributed by atoms with E-state index in [1.807, 2.05) is 35.2 Å². The molecule has 31 heavy (non-hydrogen) atoms. The summed E-state index contributed by atoms with van der Waals surface area (Å²) >= 11 is 7.52. The van der Waals surface area contributed by atoms with E-state index in [4.69, 9.17) is 21.3 Å². The SMILES string of the molecule is COc1cc(/C=C2\SC(=Nc3ccccc3)N([C@H]3CCCC[C@@H]3C)C2=O)cc(Cl)c1O. The first-order valence-electron chi connectivity index (χ1n) is 10.4. The van der Waals surface area contributed by atoms with Crippen LogP contribution in [0.5, 0.6) is 11.5 Å². The second-order valence-electron chi connectivity index (χ2n) is 7.90. The third-order valence-electron chi connectivity index (χ3n) is 5.78. The maximum atomic E-state index is 13.5. The lowest BCUT2D eigenvalue weighted by atomic mass is 9.85. The zero-order chi connectivity index (χ0) is 22.0. The number of benzene rings is 2. The Bertz CT molecular complexity index is 1040. The molecule has 2 aromatic rings. The maximum Gasteiger partial charge on any atom is 0.267 e. The van der Waals surface area contributed by atoms with Gasteiger partial charge in [0.25, 0.3) is 5.91 Å². The van der Waals surface area contributed by atoms with Gasteiger partial charge in [-0.25, -0.2) is 4.99 Å². The molecule has 1 saturated carbocycles. The molecule has 1 saturated heterocycles. The lowest BCUT2D eigenvalue weighted by molar-refractivity contribution is -0.124. The molecule has 4 rings (SSSR count). The van der Waals surface area contributed by atoms with Gasteiger partial charge in [0.1, 0.15) is 0 Å². The van der Waals surface area contributed by atoms with Gasteiger partial charge in [0.2, 0.25) is 0 Å². The first kappa shape index (κ1) is 21.8. The molecule has 0 spiro atoms. The van der Waals surface area contributed by atoms with Gasteiger partial charge in [0.05, 0.1) is 22.7 Å². The number of phenols is 1. The van der Waals surface area contributed by atoms with Gasteiger partial charge in [-0.05, 0) is 66.4 Å². The third kappa shape index (κ3) is 4.60. The predicted molar refractivity (Wildman–Crippen MR) is 127 cm³/mol. The number of hydrogen-bond donors (Lipinski definition) is 1. The average molecular weight is 457 g/mol. The second-order valence-corrected chi connectivity index (χ2v) is 9.31. The van der Waals surface area contributed by atoms with Gasteiger partial charge in [-0.3, -0.25) is 9.69 Å². The van der Waals surface area contributed by atoms with Gasteiger partial charge < -0.3 is 9.84 Å². The molecule has 1 aliphatic carbocycles. The molecule has 0 radical (unpaired) electrons. The molecule has 2 aromatic carbocycles. The van der Waals surface area contributed by atoms with Gasteiger partial charge in [-0.2, -0.15) is 0 Å². The maximum absolute atomic E-state index is 13.5. The molecule has 5 nitrogen and oxygen atoms in total. The highest BCUT2D eigenvalue weighted by Crippen LogP contribution is 2.41. The summed E-state index contributed by atoms with van der Waals surface area (Å²) in [5.41, 5.74) is 1.51. The zero-order valence-corrected chi connectivity index (χ0v) is 19.1. The molecule has 0 bridgehead atoms. The number of rotatable bonds is 4. The van der Waals surface area contributed by atoms with Gasteiger partial charge in [0, 0.05) is 6.04 Å². The number of carbonyl (C=O) groups is 1. The summed E-state index contributed by atoms with van der Waals surface area (Å²) in [6.07, 6.45) is 6.20. The molecule has 2 aliphatic rings. The van der Waals surface area contributed by atoms with E-state index in [0.29, 0.717) is 21.6 Å². The molecule has 1 heterocycles. The summed E-state index contributed by atoms with van der Waals surface area (Å²) in [5.74, 6) is 0.537.